The van der Waals surface area contributed by atoms with Crippen molar-refractivity contribution in [1.29, 1.82) is 0 Å². The lowest BCUT2D eigenvalue weighted by molar-refractivity contribution is 0.250. The highest BCUT2D eigenvalue weighted by Crippen LogP contribution is 2.27. The van der Waals surface area contributed by atoms with Gasteiger partial charge in [-0.15, -0.1) is 24.0 Å². The second-order valence-electron chi connectivity index (χ2n) is 8.25. The van der Waals surface area contributed by atoms with Crippen LogP contribution in [0.4, 0.5) is 5.95 Å². The van der Waals surface area contributed by atoms with Gasteiger partial charge >= 0.3 is 0 Å². The van der Waals surface area contributed by atoms with Gasteiger partial charge in [0, 0.05) is 45.1 Å². The predicted molar refractivity (Wildman–Crippen MR) is 144 cm³/mol. The molecule has 2 saturated heterocycles. The maximum absolute atomic E-state index is 5.35. The Morgan fingerprint density at radius 2 is 1.70 bits per heavy atom. The number of rotatable bonds is 7. The Morgan fingerprint density at radius 1 is 1.03 bits per heavy atom. The van der Waals surface area contributed by atoms with E-state index >= 15 is 0 Å². The van der Waals surface area contributed by atoms with Crippen molar-refractivity contribution in [2.75, 3.05) is 64.4 Å². The molecule has 1 unspecified atom stereocenters. The zero-order valence-corrected chi connectivity index (χ0v) is 22.0. The number of hydrogen-bond acceptors (Lipinski definition) is 6. The lowest BCUT2D eigenvalue weighted by Gasteiger charge is -2.36. The minimum Gasteiger partial charge on any atom is -0.497 e. The highest BCUT2D eigenvalue weighted by molar-refractivity contribution is 14.0. The zero-order chi connectivity index (χ0) is 22.2. The van der Waals surface area contributed by atoms with Gasteiger partial charge in [0.05, 0.1) is 19.7 Å². The summed E-state index contributed by atoms with van der Waals surface area (Å²) in [5.74, 6) is 2.70. The van der Waals surface area contributed by atoms with Crippen LogP contribution in [0.3, 0.4) is 0 Å². The molecule has 1 atom stereocenters. The van der Waals surface area contributed by atoms with E-state index in [4.69, 9.17) is 9.73 Å². The molecule has 3 heterocycles. The number of likely N-dealkylation sites (tertiary alicyclic amines) is 1. The fourth-order valence-electron chi connectivity index (χ4n) is 4.48. The normalized spacial score (nSPS) is 18.1. The molecule has 1 aromatic heterocycles. The fourth-order valence-corrected chi connectivity index (χ4v) is 4.48. The van der Waals surface area contributed by atoms with Gasteiger partial charge in [-0.2, -0.15) is 0 Å². The molecule has 0 spiro atoms. The topological polar surface area (TPSA) is 69.1 Å². The quantitative estimate of drug-likeness (QED) is 0.315. The van der Waals surface area contributed by atoms with Crippen LogP contribution in [-0.4, -0.2) is 85.2 Å². The minimum absolute atomic E-state index is 0. The van der Waals surface area contributed by atoms with Crippen LogP contribution in [0.5, 0.6) is 5.75 Å². The molecule has 8 nitrogen and oxygen atoms in total. The Hall–Kier alpha value is -2.14. The Kier molecular flexibility index (Phi) is 9.98. The smallest absolute Gasteiger partial charge is 0.225 e. The van der Waals surface area contributed by atoms with Gasteiger partial charge in [0.2, 0.25) is 5.95 Å². The summed E-state index contributed by atoms with van der Waals surface area (Å²) in [6, 6.07) is 10.6. The molecule has 1 aromatic carbocycles. The van der Waals surface area contributed by atoms with Crippen molar-refractivity contribution < 1.29 is 4.74 Å². The van der Waals surface area contributed by atoms with Crippen LogP contribution in [0.25, 0.3) is 0 Å². The van der Waals surface area contributed by atoms with E-state index in [-0.39, 0.29) is 30.0 Å². The first-order chi connectivity index (χ1) is 15.8. The van der Waals surface area contributed by atoms with E-state index in [0.29, 0.717) is 0 Å². The van der Waals surface area contributed by atoms with Gasteiger partial charge in [-0.25, -0.2) is 9.97 Å². The van der Waals surface area contributed by atoms with E-state index in [9.17, 15) is 0 Å². The number of halogens is 1. The van der Waals surface area contributed by atoms with E-state index < -0.39 is 0 Å². The summed E-state index contributed by atoms with van der Waals surface area (Å²) in [5, 5.41) is 3.51. The van der Waals surface area contributed by atoms with E-state index in [0.717, 1.165) is 70.0 Å². The third-order valence-electron chi connectivity index (χ3n) is 6.25. The monoisotopic (exact) mass is 565 g/mol. The van der Waals surface area contributed by atoms with Crippen molar-refractivity contribution in [3.63, 3.8) is 0 Å². The SMILES string of the molecule is CCNC(=NCC(c1ccc(OC)cc1)N1CCCC1)N1CCN(c2ncccn2)CC1.I. The van der Waals surface area contributed by atoms with Crippen LogP contribution in [0.2, 0.25) is 0 Å². The van der Waals surface area contributed by atoms with Crippen LogP contribution in [0.1, 0.15) is 31.4 Å². The van der Waals surface area contributed by atoms with Crippen molar-refractivity contribution in [3.05, 3.63) is 48.3 Å². The van der Waals surface area contributed by atoms with Crippen molar-refractivity contribution in [3.8, 4) is 5.75 Å². The minimum atomic E-state index is 0. The predicted octanol–water partition coefficient (Wildman–Crippen LogP) is 3.03. The number of ether oxygens (including phenoxy) is 1. The first-order valence-corrected chi connectivity index (χ1v) is 11.7. The molecule has 2 aliphatic rings. The molecule has 4 rings (SSSR count). The van der Waals surface area contributed by atoms with Crippen LogP contribution >= 0.6 is 24.0 Å². The summed E-state index contributed by atoms with van der Waals surface area (Å²) in [4.78, 5) is 21.1. The van der Waals surface area contributed by atoms with Crippen molar-refractivity contribution >= 4 is 35.9 Å². The van der Waals surface area contributed by atoms with E-state index in [1.807, 2.05) is 6.07 Å². The standard InChI is InChI=1S/C24H35N7O.HI/c1-3-25-23(30-15-17-31(18-16-30)24-26-11-6-12-27-24)28-19-22(29-13-4-5-14-29)20-7-9-21(32-2)10-8-20;/h6-12,22H,3-5,13-19H2,1-2H3,(H,25,28);1H. The molecule has 180 valence electrons. The second kappa shape index (κ2) is 12.9. The van der Waals surface area contributed by atoms with Crippen LogP contribution in [0, 0.1) is 0 Å². The molecule has 0 amide bonds. The highest BCUT2D eigenvalue weighted by atomic mass is 127. The van der Waals surface area contributed by atoms with Crippen LogP contribution in [-0.2, 0) is 0 Å². The molecule has 0 saturated carbocycles. The maximum atomic E-state index is 5.35. The molecule has 0 bridgehead atoms. The van der Waals surface area contributed by atoms with Crippen molar-refractivity contribution in [1.82, 2.24) is 25.1 Å². The summed E-state index contributed by atoms with van der Waals surface area (Å²) in [7, 11) is 1.71. The van der Waals surface area contributed by atoms with Crippen LogP contribution < -0.4 is 15.0 Å². The number of aromatic nitrogens is 2. The number of guanidine groups is 1. The van der Waals surface area contributed by atoms with Crippen molar-refractivity contribution in [2.24, 2.45) is 4.99 Å². The zero-order valence-electron chi connectivity index (χ0n) is 19.7. The largest absolute Gasteiger partial charge is 0.497 e. The fraction of sp³-hybridized carbons (Fsp3) is 0.542. The van der Waals surface area contributed by atoms with Gasteiger partial charge in [-0.3, -0.25) is 9.89 Å². The highest BCUT2D eigenvalue weighted by Gasteiger charge is 2.25. The Morgan fingerprint density at radius 3 is 2.30 bits per heavy atom. The van der Waals surface area contributed by atoms with Gasteiger partial charge in [0.15, 0.2) is 5.96 Å². The van der Waals surface area contributed by atoms with E-state index in [1.165, 1.54) is 18.4 Å². The molecular weight excluding hydrogens is 529 g/mol. The summed E-state index contributed by atoms with van der Waals surface area (Å²) < 4.78 is 5.35. The number of piperazine rings is 1. The maximum Gasteiger partial charge on any atom is 0.225 e. The third kappa shape index (κ3) is 6.69. The number of nitrogens with zero attached hydrogens (tertiary/aromatic N) is 6. The van der Waals surface area contributed by atoms with E-state index in [2.05, 4.69) is 61.2 Å². The molecule has 33 heavy (non-hydrogen) atoms. The Labute approximate surface area is 214 Å². The van der Waals surface area contributed by atoms with Crippen LogP contribution in [0.15, 0.2) is 47.7 Å². The lowest BCUT2D eigenvalue weighted by atomic mass is 10.1. The van der Waals surface area contributed by atoms with Gasteiger partial charge in [0.1, 0.15) is 5.75 Å². The molecule has 0 radical (unpaired) electrons. The average molecular weight is 566 g/mol. The number of aliphatic imine (C=N–C) groups is 1. The van der Waals surface area contributed by atoms with Gasteiger partial charge in [-0.05, 0) is 56.6 Å². The molecule has 2 aromatic rings. The molecule has 2 aliphatic heterocycles. The number of anilines is 1. The van der Waals surface area contributed by atoms with Gasteiger partial charge < -0.3 is 19.9 Å². The summed E-state index contributed by atoms with van der Waals surface area (Å²) >= 11 is 0. The lowest BCUT2D eigenvalue weighted by Crippen LogP contribution is -2.53. The number of benzene rings is 1. The molecule has 1 N–H and O–H groups in total. The molecule has 9 heteroatoms. The summed E-state index contributed by atoms with van der Waals surface area (Å²) in [6.45, 7) is 9.60. The first kappa shape index (κ1) is 25.5. The van der Waals surface area contributed by atoms with Gasteiger partial charge in [0.25, 0.3) is 0 Å². The number of hydrogen-bond donors (Lipinski definition) is 1. The number of methoxy groups -OCH3 is 1. The Balaban J connectivity index is 0.00000306. The van der Waals surface area contributed by atoms with E-state index in [1.54, 1.807) is 19.5 Å². The third-order valence-corrected chi connectivity index (χ3v) is 6.25. The van der Waals surface area contributed by atoms with Gasteiger partial charge in [-0.1, -0.05) is 12.1 Å². The summed E-state index contributed by atoms with van der Waals surface area (Å²) in [6.07, 6.45) is 6.13. The molecule has 2 fully saturated rings. The Bertz CT molecular complexity index is 851. The molecule has 0 aliphatic carbocycles. The van der Waals surface area contributed by atoms with Crippen molar-refractivity contribution in [2.45, 2.75) is 25.8 Å². The summed E-state index contributed by atoms with van der Waals surface area (Å²) in [5.41, 5.74) is 1.30. The second-order valence-corrected chi connectivity index (χ2v) is 8.25. The average Bonchev–Trinajstić information content (AvgIpc) is 3.39. The molecular formula is C24H36IN7O. The first-order valence-electron chi connectivity index (χ1n) is 11.7. The number of nitrogens with one attached hydrogen (secondary N) is 1.